The molecule has 0 saturated carbocycles. The van der Waals surface area contributed by atoms with E-state index in [1.54, 1.807) is 0 Å². The maximum absolute atomic E-state index is 3.76. The van der Waals surface area contributed by atoms with Gasteiger partial charge in [-0.2, -0.15) is 0 Å². The van der Waals surface area contributed by atoms with Crippen molar-refractivity contribution in [3.8, 4) is 0 Å². The Hall–Kier alpha value is -1.64. The molecule has 2 aromatic carbocycles. The predicted octanol–water partition coefficient (Wildman–Crippen LogP) is 3.85. The van der Waals surface area contributed by atoms with Crippen LogP contribution >= 0.6 is 0 Å². The van der Waals surface area contributed by atoms with Gasteiger partial charge in [0.1, 0.15) is 0 Å². The summed E-state index contributed by atoms with van der Waals surface area (Å²) in [7, 11) is 0. The zero-order chi connectivity index (χ0) is 15.0. The molecule has 2 heteroatoms. The highest BCUT2D eigenvalue weighted by atomic mass is 15.1. The smallest absolute Gasteiger partial charge is 0.0577 e. The molecule has 0 amide bonds. The molecule has 1 aliphatic heterocycles. The van der Waals surface area contributed by atoms with Gasteiger partial charge in [-0.15, -0.1) is 0 Å². The van der Waals surface area contributed by atoms with Gasteiger partial charge in [0.25, 0.3) is 0 Å². The average molecular weight is 294 g/mol. The predicted molar refractivity (Wildman–Crippen MR) is 93.0 cm³/mol. The molecule has 0 aliphatic carbocycles. The monoisotopic (exact) mass is 294 g/mol. The third kappa shape index (κ3) is 4.19. The van der Waals surface area contributed by atoms with Crippen molar-refractivity contribution in [1.29, 1.82) is 0 Å². The lowest BCUT2D eigenvalue weighted by Gasteiger charge is -2.28. The summed E-state index contributed by atoms with van der Waals surface area (Å²) in [6, 6.07) is 21.8. The van der Waals surface area contributed by atoms with Crippen molar-refractivity contribution in [2.24, 2.45) is 0 Å². The van der Waals surface area contributed by atoms with E-state index in [0.29, 0.717) is 0 Å². The fourth-order valence-electron chi connectivity index (χ4n) is 3.27. The van der Waals surface area contributed by atoms with Crippen LogP contribution in [0.1, 0.15) is 36.4 Å². The SMILES string of the molecule is c1ccc(C(NCCN2CCCCC2)c2ccccc2)cc1. The van der Waals surface area contributed by atoms with E-state index < -0.39 is 0 Å². The molecule has 2 nitrogen and oxygen atoms in total. The summed E-state index contributed by atoms with van der Waals surface area (Å²) in [6.07, 6.45) is 4.13. The number of likely N-dealkylation sites (tertiary alicyclic amines) is 1. The zero-order valence-electron chi connectivity index (χ0n) is 13.2. The second-order valence-electron chi connectivity index (χ2n) is 6.11. The van der Waals surface area contributed by atoms with Gasteiger partial charge in [0, 0.05) is 13.1 Å². The summed E-state index contributed by atoms with van der Waals surface area (Å²) in [4.78, 5) is 2.59. The average Bonchev–Trinajstić information content (AvgIpc) is 2.61. The van der Waals surface area contributed by atoms with Gasteiger partial charge in [-0.25, -0.2) is 0 Å². The number of benzene rings is 2. The molecule has 1 N–H and O–H groups in total. The third-order valence-electron chi connectivity index (χ3n) is 4.49. The van der Waals surface area contributed by atoms with Crippen LogP contribution in [-0.4, -0.2) is 31.1 Å². The normalized spacial score (nSPS) is 16.0. The highest BCUT2D eigenvalue weighted by Gasteiger charge is 2.14. The first-order valence-corrected chi connectivity index (χ1v) is 8.49. The second kappa shape index (κ2) is 8.11. The van der Waals surface area contributed by atoms with Crippen LogP contribution in [0, 0.1) is 0 Å². The number of nitrogens with one attached hydrogen (secondary N) is 1. The zero-order valence-corrected chi connectivity index (χ0v) is 13.2. The Morgan fingerprint density at radius 2 is 1.32 bits per heavy atom. The third-order valence-corrected chi connectivity index (χ3v) is 4.49. The summed E-state index contributed by atoms with van der Waals surface area (Å²) in [5.74, 6) is 0. The van der Waals surface area contributed by atoms with Gasteiger partial charge in [-0.05, 0) is 37.1 Å². The van der Waals surface area contributed by atoms with Crippen molar-refractivity contribution in [1.82, 2.24) is 10.2 Å². The van der Waals surface area contributed by atoms with Crippen LogP contribution in [0.5, 0.6) is 0 Å². The lowest BCUT2D eigenvalue weighted by molar-refractivity contribution is 0.227. The number of rotatable bonds is 6. The van der Waals surface area contributed by atoms with E-state index in [0.717, 1.165) is 13.1 Å². The fraction of sp³-hybridized carbons (Fsp3) is 0.400. The van der Waals surface area contributed by atoms with Crippen molar-refractivity contribution < 1.29 is 0 Å². The molecule has 0 spiro atoms. The van der Waals surface area contributed by atoms with E-state index in [9.17, 15) is 0 Å². The van der Waals surface area contributed by atoms with E-state index in [2.05, 4.69) is 70.9 Å². The van der Waals surface area contributed by atoms with Crippen molar-refractivity contribution >= 4 is 0 Å². The fourth-order valence-corrected chi connectivity index (χ4v) is 3.27. The van der Waals surface area contributed by atoms with Crippen molar-refractivity contribution in [3.63, 3.8) is 0 Å². The molecule has 1 heterocycles. The molecule has 0 radical (unpaired) electrons. The number of nitrogens with zero attached hydrogens (tertiary/aromatic N) is 1. The Kier molecular flexibility index (Phi) is 5.63. The summed E-state index contributed by atoms with van der Waals surface area (Å²) in [5, 5.41) is 3.76. The first-order chi connectivity index (χ1) is 10.9. The Morgan fingerprint density at radius 3 is 1.86 bits per heavy atom. The molecule has 0 atom stereocenters. The van der Waals surface area contributed by atoms with Crippen molar-refractivity contribution in [2.45, 2.75) is 25.3 Å². The molecule has 116 valence electrons. The molecular formula is C20H26N2. The first-order valence-electron chi connectivity index (χ1n) is 8.49. The van der Waals surface area contributed by atoms with Gasteiger partial charge in [0.2, 0.25) is 0 Å². The highest BCUT2D eigenvalue weighted by Crippen LogP contribution is 2.21. The summed E-state index contributed by atoms with van der Waals surface area (Å²) in [6.45, 7) is 4.72. The molecule has 22 heavy (non-hydrogen) atoms. The maximum Gasteiger partial charge on any atom is 0.0577 e. The Bertz CT molecular complexity index is 493. The van der Waals surface area contributed by atoms with E-state index in [1.165, 1.54) is 43.5 Å². The van der Waals surface area contributed by atoms with Gasteiger partial charge < -0.3 is 10.2 Å². The van der Waals surface area contributed by atoms with E-state index in [4.69, 9.17) is 0 Å². The van der Waals surface area contributed by atoms with Crippen LogP contribution in [0.2, 0.25) is 0 Å². The lowest BCUT2D eigenvalue weighted by Crippen LogP contribution is -2.37. The minimum Gasteiger partial charge on any atom is -0.305 e. The first kappa shape index (κ1) is 15.3. The van der Waals surface area contributed by atoms with Crippen LogP contribution in [-0.2, 0) is 0 Å². The van der Waals surface area contributed by atoms with Crippen LogP contribution in [0.3, 0.4) is 0 Å². The lowest BCUT2D eigenvalue weighted by atomic mass is 9.99. The maximum atomic E-state index is 3.76. The minimum atomic E-state index is 0.284. The standard InChI is InChI=1S/C20H26N2/c1-4-10-18(11-5-1)20(19-12-6-2-7-13-19)21-14-17-22-15-8-3-9-16-22/h1-2,4-7,10-13,20-21H,3,8-9,14-17H2. The second-order valence-corrected chi connectivity index (χ2v) is 6.11. The summed E-state index contributed by atoms with van der Waals surface area (Å²) in [5.41, 5.74) is 2.68. The number of hydrogen-bond acceptors (Lipinski definition) is 2. The van der Waals surface area contributed by atoms with Gasteiger partial charge in [-0.1, -0.05) is 67.1 Å². The molecule has 1 fully saturated rings. The van der Waals surface area contributed by atoms with Gasteiger partial charge in [0.05, 0.1) is 6.04 Å². The summed E-state index contributed by atoms with van der Waals surface area (Å²) < 4.78 is 0. The van der Waals surface area contributed by atoms with Crippen LogP contribution < -0.4 is 5.32 Å². The summed E-state index contributed by atoms with van der Waals surface area (Å²) >= 11 is 0. The Morgan fingerprint density at radius 1 is 0.773 bits per heavy atom. The molecule has 0 unspecified atom stereocenters. The van der Waals surface area contributed by atoms with Gasteiger partial charge >= 0.3 is 0 Å². The highest BCUT2D eigenvalue weighted by molar-refractivity contribution is 5.31. The Balaban J connectivity index is 1.64. The molecule has 3 rings (SSSR count). The molecule has 2 aromatic rings. The van der Waals surface area contributed by atoms with E-state index in [1.807, 2.05) is 0 Å². The van der Waals surface area contributed by atoms with Gasteiger partial charge in [0.15, 0.2) is 0 Å². The Labute approximate surface area is 134 Å². The van der Waals surface area contributed by atoms with Crippen LogP contribution in [0.25, 0.3) is 0 Å². The van der Waals surface area contributed by atoms with Crippen molar-refractivity contribution in [2.75, 3.05) is 26.2 Å². The van der Waals surface area contributed by atoms with E-state index in [-0.39, 0.29) is 6.04 Å². The van der Waals surface area contributed by atoms with Gasteiger partial charge in [-0.3, -0.25) is 0 Å². The van der Waals surface area contributed by atoms with E-state index >= 15 is 0 Å². The molecule has 0 bridgehead atoms. The molecule has 1 aliphatic rings. The number of piperidine rings is 1. The van der Waals surface area contributed by atoms with Crippen LogP contribution in [0.15, 0.2) is 60.7 Å². The topological polar surface area (TPSA) is 15.3 Å². The molecule has 0 aromatic heterocycles. The number of hydrogen-bond donors (Lipinski definition) is 1. The largest absolute Gasteiger partial charge is 0.305 e. The quantitative estimate of drug-likeness (QED) is 0.870. The minimum absolute atomic E-state index is 0.284. The molecule has 1 saturated heterocycles. The van der Waals surface area contributed by atoms with Crippen LogP contribution in [0.4, 0.5) is 0 Å². The molecular weight excluding hydrogens is 268 g/mol. The van der Waals surface area contributed by atoms with Crippen molar-refractivity contribution in [3.05, 3.63) is 71.8 Å².